The first-order valence-electron chi connectivity index (χ1n) is 6.95. The molecular weight excluding hydrogens is 240 g/mol. The molecule has 2 N–H and O–H groups in total. The molecule has 0 heterocycles. The third-order valence-electron chi connectivity index (χ3n) is 3.14. The van der Waals surface area contributed by atoms with E-state index in [2.05, 4.69) is 17.6 Å². The van der Waals surface area contributed by atoms with Crippen LogP contribution in [0.15, 0.2) is 24.3 Å². The highest BCUT2D eigenvalue weighted by atomic mass is 16.5. The van der Waals surface area contributed by atoms with Crippen molar-refractivity contribution in [3.05, 3.63) is 29.8 Å². The zero-order valence-electron chi connectivity index (χ0n) is 11.4. The van der Waals surface area contributed by atoms with Crippen LogP contribution < -0.4 is 10.6 Å². The molecule has 1 amide bonds. The van der Waals surface area contributed by atoms with Crippen LogP contribution in [-0.4, -0.2) is 25.7 Å². The van der Waals surface area contributed by atoms with E-state index < -0.39 is 0 Å². The largest absolute Gasteiger partial charge is 0.371 e. The lowest BCUT2D eigenvalue weighted by Crippen LogP contribution is -2.21. The van der Waals surface area contributed by atoms with Crippen molar-refractivity contribution in [3.63, 3.8) is 0 Å². The minimum Gasteiger partial charge on any atom is -0.371 e. The van der Waals surface area contributed by atoms with Crippen molar-refractivity contribution in [2.75, 3.05) is 25.1 Å². The summed E-state index contributed by atoms with van der Waals surface area (Å²) in [5, 5.41) is 6.17. The molecule has 0 bridgehead atoms. The minimum absolute atomic E-state index is 0.0791. The SMILES string of the molecule is CCNCc1ccccc1NC(=O)COCC1CC1. The van der Waals surface area contributed by atoms with Gasteiger partial charge in [-0.15, -0.1) is 0 Å². The van der Waals surface area contributed by atoms with Crippen LogP contribution in [-0.2, 0) is 16.1 Å². The number of benzene rings is 1. The summed E-state index contributed by atoms with van der Waals surface area (Å²) in [5.41, 5.74) is 1.96. The number of rotatable bonds is 8. The molecule has 0 radical (unpaired) electrons. The number of nitrogens with one attached hydrogen (secondary N) is 2. The van der Waals surface area contributed by atoms with Crippen molar-refractivity contribution >= 4 is 11.6 Å². The Bertz CT molecular complexity index is 416. The molecule has 1 aromatic rings. The topological polar surface area (TPSA) is 50.4 Å². The average Bonchev–Trinajstić information content (AvgIpc) is 3.22. The number of hydrogen-bond donors (Lipinski definition) is 2. The van der Waals surface area contributed by atoms with Crippen LogP contribution in [0.4, 0.5) is 5.69 Å². The van der Waals surface area contributed by atoms with Crippen LogP contribution in [0.5, 0.6) is 0 Å². The first kappa shape index (κ1) is 14.0. The quantitative estimate of drug-likeness (QED) is 0.755. The van der Waals surface area contributed by atoms with E-state index in [1.165, 1.54) is 12.8 Å². The maximum Gasteiger partial charge on any atom is 0.250 e. The molecule has 2 rings (SSSR count). The number of para-hydroxylation sites is 1. The first-order valence-corrected chi connectivity index (χ1v) is 6.95. The van der Waals surface area contributed by atoms with Gasteiger partial charge < -0.3 is 15.4 Å². The van der Waals surface area contributed by atoms with Crippen LogP contribution in [0.3, 0.4) is 0 Å². The van der Waals surface area contributed by atoms with E-state index in [9.17, 15) is 4.79 Å². The molecule has 4 nitrogen and oxygen atoms in total. The van der Waals surface area contributed by atoms with Gasteiger partial charge in [0.25, 0.3) is 0 Å². The van der Waals surface area contributed by atoms with Crippen molar-refractivity contribution < 1.29 is 9.53 Å². The normalized spacial score (nSPS) is 14.4. The fraction of sp³-hybridized carbons (Fsp3) is 0.533. The minimum atomic E-state index is -0.0791. The van der Waals surface area contributed by atoms with Crippen molar-refractivity contribution in [1.82, 2.24) is 5.32 Å². The molecular formula is C15H22N2O2. The second-order valence-corrected chi connectivity index (χ2v) is 4.94. The van der Waals surface area contributed by atoms with E-state index in [-0.39, 0.29) is 12.5 Å². The van der Waals surface area contributed by atoms with Gasteiger partial charge in [-0.25, -0.2) is 0 Å². The van der Waals surface area contributed by atoms with Crippen LogP contribution in [0.25, 0.3) is 0 Å². The molecule has 0 aromatic heterocycles. The molecule has 0 spiro atoms. The van der Waals surface area contributed by atoms with Gasteiger partial charge in [-0.05, 0) is 36.9 Å². The smallest absolute Gasteiger partial charge is 0.250 e. The molecule has 0 aliphatic heterocycles. The van der Waals surface area contributed by atoms with Crippen LogP contribution >= 0.6 is 0 Å². The second-order valence-electron chi connectivity index (χ2n) is 4.94. The number of amides is 1. The van der Waals surface area contributed by atoms with E-state index in [1.807, 2.05) is 24.3 Å². The van der Waals surface area contributed by atoms with E-state index in [1.54, 1.807) is 0 Å². The summed E-state index contributed by atoms with van der Waals surface area (Å²) >= 11 is 0. The number of ether oxygens (including phenoxy) is 1. The first-order chi connectivity index (χ1) is 9.29. The maximum atomic E-state index is 11.8. The van der Waals surface area contributed by atoms with Crippen molar-refractivity contribution in [2.24, 2.45) is 5.92 Å². The summed E-state index contributed by atoms with van der Waals surface area (Å²) in [6.07, 6.45) is 2.49. The molecule has 0 unspecified atom stereocenters. The highest BCUT2D eigenvalue weighted by Crippen LogP contribution is 2.28. The molecule has 0 atom stereocenters. The summed E-state index contributed by atoms with van der Waals surface area (Å²) in [4.78, 5) is 11.8. The summed E-state index contributed by atoms with van der Waals surface area (Å²) in [7, 11) is 0. The molecule has 104 valence electrons. The van der Waals surface area contributed by atoms with Gasteiger partial charge in [0.1, 0.15) is 6.61 Å². The third kappa shape index (κ3) is 5.01. The number of carbonyl (C=O) groups is 1. The van der Waals surface area contributed by atoms with Crippen molar-refractivity contribution in [3.8, 4) is 0 Å². The van der Waals surface area contributed by atoms with E-state index in [0.29, 0.717) is 12.5 Å². The number of anilines is 1. The summed E-state index contributed by atoms with van der Waals surface area (Å²) in [6.45, 7) is 4.59. The molecule has 1 aromatic carbocycles. The summed E-state index contributed by atoms with van der Waals surface area (Å²) in [5.74, 6) is 0.610. The summed E-state index contributed by atoms with van der Waals surface area (Å²) < 4.78 is 5.38. The fourth-order valence-electron chi connectivity index (χ4n) is 1.85. The lowest BCUT2D eigenvalue weighted by Gasteiger charge is -2.11. The average molecular weight is 262 g/mol. The molecule has 19 heavy (non-hydrogen) atoms. The van der Waals surface area contributed by atoms with Gasteiger partial charge in [-0.2, -0.15) is 0 Å². The number of hydrogen-bond acceptors (Lipinski definition) is 3. The zero-order chi connectivity index (χ0) is 13.5. The Hall–Kier alpha value is -1.39. The van der Waals surface area contributed by atoms with Gasteiger partial charge in [0.05, 0.1) is 6.61 Å². The van der Waals surface area contributed by atoms with Gasteiger partial charge in [0, 0.05) is 12.2 Å². The van der Waals surface area contributed by atoms with Crippen LogP contribution in [0.2, 0.25) is 0 Å². The Balaban J connectivity index is 1.80. The zero-order valence-corrected chi connectivity index (χ0v) is 11.4. The Kier molecular flexibility index (Phi) is 5.36. The van der Waals surface area contributed by atoms with Crippen molar-refractivity contribution in [1.29, 1.82) is 0 Å². The predicted molar refractivity (Wildman–Crippen MR) is 76.0 cm³/mol. The molecule has 1 saturated carbocycles. The third-order valence-corrected chi connectivity index (χ3v) is 3.14. The van der Waals surface area contributed by atoms with Crippen LogP contribution in [0, 0.1) is 5.92 Å². The standard InChI is InChI=1S/C15H22N2O2/c1-2-16-9-13-5-3-4-6-14(13)17-15(18)11-19-10-12-7-8-12/h3-6,12,16H,2,7-11H2,1H3,(H,17,18). The monoisotopic (exact) mass is 262 g/mol. The Morgan fingerprint density at radius 1 is 1.37 bits per heavy atom. The summed E-state index contributed by atoms with van der Waals surface area (Å²) in [6, 6.07) is 7.84. The molecule has 4 heteroatoms. The number of carbonyl (C=O) groups excluding carboxylic acids is 1. The van der Waals surface area contributed by atoms with E-state index in [0.717, 1.165) is 24.3 Å². The molecule has 1 aliphatic carbocycles. The second kappa shape index (κ2) is 7.26. The molecule has 1 aliphatic rings. The van der Waals surface area contributed by atoms with Gasteiger partial charge in [0.15, 0.2) is 0 Å². The Morgan fingerprint density at radius 3 is 2.89 bits per heavy atom. The van der Waals surface area contributed by atoms with Gasteiger partial charge >= 0.3 is 0 Å². The Morgan fingerprint density at radius 2 is 2.16 bits per heavy atom. The predicted octanol–water partition coefficient (Wildman–Crippen LogP) is 2.16. The lowest BCUT2D eigenvalue weighted by molar-refractivity contribution is -0.120. The molecule has 0 saturated heterocycles. The Labute approximate surface area is 114 Å². The maximum absolute atomic E-state index is 11.8. The van der Waals surface area contributed by atoms with E-state index >= 15 is 0 Å². The lowest BCUT2D eigenvalue weighted by atomic mass is 10.1. The van der Waals surface area contributed by atoms with Crippen LogP contribution in [0.1, 0.15) is 25.3 Å². The highest BCUT2D eigenvalue weighted by Gasteiger charge is 2.21. The highest BCUT2D eigenvalue weighted by molar-refractivity contribution is 5.92. The van der Waals surface area contributed by atoms with Gasteiger partial charge in [-0.3, -0.25) is 4.79 Å². The van der Waals surface area contributed by atoms with Gasteiger partial charge in [-0.1, -0.05) is 25.1 Å². The fourth-order valence-corrected chi connectivity index (χ4v) is 1.85. The van der Waals surface area contributed by atoms with Gasteiger partial charge in [0.2, 0.25) is 5.91 Å². The van der Waals surface area contributed by atoms with E-state index in [4.69, 9.17) is 4.74 Å². The van der Waals surface area contributed by atoms with Crippen molar-refractivity contribution in [2.45, 2.75) is 26.3 Å². The molecule has 1 fully saturated rings.